The number of halogens is 1. The van der Waals surface area contributed by atoms with E-state index in [9.17, 15) is 9.18 Å². The van der Waals surface area contributed by atoms with E-state index in [4.69, 9.17) is 0 Å². The van der Waals surface area contributed by atoms with Crippen LogP contribution in [0.1, 0.15) is 10.4 Å². The minimum absolute atomic E-state index is 0.201. The van der Waals surface area contributed by atoms with E-state index < -0.39 is 5.82 Å². The summed E-state index contributed by atoms with van der Waals surface area (Å²) >= 11 is 1.54. The number of benzene rings is 2. The lowest BCUT2D eigenvalue weighted by Crippen LogP contribution is -2.15. The van der Waals surface area contributed by atoms with Crippen molar-refractivity contribution in [2.75, 3.05) is 23.9 Å². The predicted molar refractivity (Wildman–Crippen MR) is 82.1 cm³/mol. The van der Waals surface area contributed by atoms with Crippen molar-refractivity contribution in [3.63, 3.8) is 0 Å². The Balaban J connectivity index is 2.31. The van der Waals surface area contributed by atoms with Gasteiger partial charge in [-0.15, -0.1) is 11.8 Å². The summed E-state index contributed by atoms with van der Waals surface area (Å²) in [6.45, 7) is 0. The van der Waals surface area contributed by atoms with Gasteiger partial charge in [-0.2, -0.15) is 0 Å². The lowest BCUT2D eigenvalue weighted by atomic mass is 10.1. The SMILES string of the molecule is CNc1c(F)cccc1C(=O)Nc1ccccc1SC. The van der Waals surface area contributed by atoms with E-state index in [1.807, 2.05) is 30.5 Å². The molecular weight excluding hydrogens is 275 g/mol. The van der Waals surface area contributed by atoms with Crippen molar-refractivity contribution in [1.29, 1.82) is 0 Å². The molecular formula is C15H15FN2OS. The van der Waals surface area contributed by atoms with E-state index >= 15 is 0 Å². The molecule has 20 heavy (non-hydrogen) atoms. The third kappa shape index (κ3) is 2.93. The minimum Gasteiger partial charge on any atom is -0.385 e. The molecule has 104 valence electrons. The van der Waals surface area contributed by atoms with Crippen LogP contribution in [0.2, 0.25) is 0 Å². The van der Waals surface area contributed by atoms with Crippen LogP contribution in [0.25, 0.3) is 0 Å². The van der Waals surface area contributed by atoms with Gasteiger partial charge < -0.3 is 10.6 Å². The van der Waals surface area contributed by atoms with Crippen LogP contribution in [0.5, 0.6) is 0 Å². The molecule has 0 aromatic heterocycles. The molecule has 0 aliphatic carbocycles. The number of carbonyl (C=O) groups is 1. The van der Waals surface area contributed by atoms with Gasteiger partial charge >= 0.3 is 0 Å². The van der Waals surface area contributed by atoms with E-state index in [0.29, 0.717) is 0 Å². The number of rotatable bonds is 4. The summed E-state index contributed by atoms with van der Waals surface area (Å²) in [5.74, 6) is -0.784. The Bertz CT molecular complexity index is 631. The van der Waals surface area contributed by atoms with Gasteiger partial charge in [0.1, 0.15) is 5.82 Å². The van der Waals surface area contributed by atoms with Crippen LogP contribution in [0.15, 0.2) is 47.4 Å². The van der Waals surface area contributed by atoms with E-state index in [2.05, 4.69) is 10.6 Å². The Labute approximate surface area is 121 Å². The Morgan fingerprint density at radius 2 is 1.90 bits per heavy atom. The lowest BCUT2D eigenvalue weighted by Gasteiger charge is -2.12. The molecule has 0 aliphatic rings. The number of carbonyl (C=O) groups excluding carboxylic acids is 1. The Morgan fingerprint density at radius 1 is 1.15 bits per heavy atom. The molecule has 1 amide bonds. The predicted octanol–water partition coefficient (Wildman–Crippen LogP) is 3.84. The molecule has 0 fully saturated rings. The standard InChI is InChI=1S/C15H15FN2OS/c1-17-14-10(6-5-7-11(14)16)15(19)18-12-8-3-4-9-13(12)20-2/h3-9,17H,1-2H3,(H,18,19). The molecule has 3 nitrogen and oxygen atoms in total. The molecule has 0 radical (unpaired) electrons. The van der Waals surface area contributed by atoms with Crippen LogP contribution >= 0.6 is 11.8 Å². The molecule has 0 heterocycles. The van der Waals surface area contributed by atoms with Crippen LogP contribution < -0.4 is 10.6 Å². The third-order valence-corrected chi connectivity index (χ3v) is 3.66. The fourth-order valence-corrected chi connectivity index (χ4v) is 2.46. The zero-order valence-electron chi connectivity index (χ0n) is 11.2. The van der Waals surface area contributed by atoms with E-state index in [1.54, 1.807) is 24.9 Å². The summed E-state index contributed by atoms with van der Waals surface area (Å²) in [4.78, 5) is 13.2. The average Bonchev–Trinajstić information content (AvgIpc) is 2.47. The smallest absolute Gasteiger partial charge is 0.257 e. The first kappa shape index (κ1) is 14.4. The highest BCUT2D eigenvalue weighted by molar-refractivity contribution is 7.98. The lowest BCUT2D eigenvalue weighted by molar-refractivity contribution is 0.102. The van der Waals surface area contributed by atoms with Gasteiger partial charge in [0, 0.05) is 11.9 Å². The van der Waals surface area contributed by atoms with E-state index in [-0.39, 0.29) is 17.2 Å². The second-order valence-electron chi connectivity index (χ2n) is 4.07. The minimum atomic E-state index is -0.446. The highest BCUT2D eigenvalue weighted by atomic mass is 32.2. The quantitative estimate of drug-likeness (QED) is 0.841. The molecule has 2 aromatic carbocycles. The molecule has 0 atom stereocenters. The van der Waals surface area contributed by atoms with Crippen LogP contribution in [0.4, 0.5) is 15.8 Å². The zero-order valence-corrected chi connectivity index (χ0v) is 12.1. The monoisotopic (exact) mass is 290 g/mol. The van der Waals surface area contributed by atoms with Crippen molar-refractivity contribution in [2.45, 2.75) is 4.90 Å². The maximum Gasteiger partial charge on any atom is 0.257 e. The Morgan fingerprint density at radius 3 is 2.60 bits per heavy atom. The summed E-state index contributed by atoms with van der Waals surface area (Å²) in [6, 6.07) is 11.9. The molecule has 2 aromatic rings. The highest BCUT2D eigenvalue weighted by Crippen LogP contribution is 2.26. The number of thioether (sulfide) groups is 1. The van der Waals surface area contributed by atoms with E-state index in [1.165, 1.54) is 12.1 Å². The summed E-state index contributed by atoms with van der Waals surface area (Å²) in [6.07, 6.45) is 1.94. The van der Waals surface area contributed by atoms with Crippen molar-refractivity contribution in [2.24, 2.45) is 0 Å². The first-order chi connectivity index (χ1) is 9.67. The van der Waals surface area contributed by atoms with Crippen molar-refractivity contribution < 1.29 is 9.18 Å². The molecule has 0 aliphatic heterocycles. The Kier molecular flexibility index (Phi) is 4.63. The normalized spacial score (nSPS) is 10.2. The van der Waals surface area contributed by atoms with Crippen LogP contribution in [0.3, 0.4) is 0 Å². The maximum absolute atomic E-state index is 13.6. The topological polar surface area (TPSA) is 41.1 Å². The summed E-state index contributed by atoms with van der Waals surface area (Å²) < 4.78 is 13.6. The number of hydrogen-bond acceptors (Lipinski definition) is 3. The fourth-order valence-electron chi connectivity index (χ4n) is 1.90. The van der Waals surface area contributed by atoms with Crippen molar-refractivity contribution in [3.05, 3.63) is 53.8 Å². The number of hydrogen-bond donors (Lipinski definition) is 2. The molecule has 0 bridgehead atoms. The van der Waals surface area contributed by atoms with Gasteiger partial charge in [0.15, 0.2) is 0 Å². The van der Waals surface area contributed by atoms with Gasteiger partial charge in [-0.05, 0) is 30.5 Å². The van der Waals surface area contributed by atoms with Crippen LogP contribution in [-0.2, 0) is 0 Å². The van der Waals surface area contributed by atoms with Gasteiger partial charge in [0.05, 0.1) is 16.9 Å². The second kappa shape index (κ2) is 6.43. The molecule has 0 unspecified atom stereocenters. The van der Waals surface area contributed by atoms with Crippen LogP contribution in [0, 0.1) is 5.82 Å². The van der Waals surface area contributed by atoms with Gasteiger partial charge in [-0.3, -0.25) is 4.79 Å². The third-order valence-electron chi connectivity index (χ3n) is 2.86. The van der Waals surface area contributed by atoms with Crippen molar-refractivity contribution in [1.82, 2.24) is 0 Å². The van der Waals surface area contributed by atoms with Gasteiger partial charge in [-0.25, -0.2) is 4.39 Å². The van der Waals surface area contributed by atoms with Gasteiger partial charge in [0.2, 0.25) is 0 Å². The molecule has 5 heteroatoms. The molecule has 0 saturated heterocycles. The number of nitrogens with one attached hydrogen (secondary N) is 2. The summed E-state index contributed by atoms with van der Waals surface area (Å²) in [5, 5.41) is 5.53. The Hall–Kier alpha value is -2.01. The molecule has 2 rings (SSSR count). The van der Waals surface area contributed by atoms with E-state index in [0.717, 1.165) is 10.6 Å². The maximum atomic E-state index is 13.6. The molecule has 0 spiro atoms. The van der Waals surface area contributed by atoms with Crippen LogP contribution in [-0.4, -0.2) is 19.2 Å². The first-order valence-corrected chi connectivity index (χ1v) is 7.30. The number of anilines is 2. The second-order valence-corrected chi connectivity index (χ2v) is 4.91. The molecule has 0 saturated carbocycles. The van der Waals surface area contributed by atoms with Crippen molar-refractivity contribution in [3.8, 4) is 0 Å². The number of para-hydroxylation sites is 2. The zero-order chi connectivity index (χ0) is 14.5. The highest BCUT2D eigenvalue weighted by Gasteiger charge is 2.15. The number of amides is 1. The first-order valence-electron chi connectivity index (χ1n) is 6.08. The summed E-state index contributed by atoms with van der Waals surface area (Å²) in [7, 11) is 1.59. The average molecular weight is 290 g/mol. The van der Waals surface area contributed by atoms with Gasteiger partial charge in [-0.1, -0.05) is 18.2 Å². The largest absolute Gasteiger partial charge is 0.385 e. The summed E-state index contributed by atoms with van der Waals surface area (Å²) in [5.41, 5.74) is 1.20. The molecule has 2 N–H and O–H groups in total. The fraction of sp³-hybridized carbons (Fsp3) is 0.133. The van der Waals surface area contributed by atoms with Crippen molar-refractivity contribution >= 4 is 29.0 Å². The van der Waals surface area contributed by atoms with Gasteiger partial charge in [0.25, 0.3) is 5.91 Å².